The van der Waals surface area contributed by atoms with Gasteiger partial charge in [-0.2, -0.15) is 13.2 Å². The lowest BCUT2D eigenvalue weighted by molar-refractivity contribution is -0.222. The molecule has 0 aliphatic carbocycles. The number of hydrogen-bond donors (Lipinski definition) is 0. The molecule has 0 aromatic rings. The average molecular weight is 127 g/mol. The van der Waals surface area contributed by atoms with Gasteiger partial charge in [0.05, 0.1) is 0 Å². The van der Waals surface area contributed by atoms with Gasteiger partial charge in [-0.05, 0) is 6.42 Å². The van der Waals surface area contributed by atoms with Crippen molar-refractivity contribution in [2.45, 2.75) is 25.6 Å². The van der Waals surface area contributed by atoms with Gasteiger partial charge in [0.25, 0.3) is 0 Å². The molecule has 0 N–H and O–H groups in total. The molecular formula is C4H6F3O. The van der Waals surface area contributed by atoms with Gasteiger partial charge in [0.1, 0.15) is 0 Å². The summed E-state index contributed by atoms with van der Waals surface area (Å²) in [6.45, 7) is 1.21. The van der Waals surface area contributed by atoms with Gasteiger partial charge in [0, 0.05) is 0 Å². The van der Waals surface area contributed by atoms with Crippen LogP contribution in [-0.4, -0.2) is 12.3 Å². The molecule has 0 amide bonds. The van der Waals surface area contributed by atoms with Crippen LogP contribution in [0.2, 0.25) is 0 Å². The predicted molar refractivity (Wildman–Crippen MR) is 20.8 cm³/mol. The number of halogens is 3. The van der Waals surface area contributed by atoms with E-state index in [2.05, 4.69) is 0 Å². The van der Waals surface area contributed by atoms with Gasteiger partial charge in [-0.15, -0.1) is 0 Å². The quantitative estimate of drug-likeness (QED) is 0.511. The molecule has 0 saturated carbocycles. The van der Waals surface area contributed by atoms with Crippen LogP contribution in [0, 0.1) is 0 Å². The summed E-state index contributed by atoms with van der Waals surface area (Å²) in [6.07, 6.45) is -7.33. The molecule has 0 fully saturated rings. The molecule has 0 bridgehead atoms. The van der Waals surface area contributed by atoms with Crippen LogP contribution >= 0.6 is 0 Å². The summed E-state index contributed by atoms with van der Waals surface area (Å²) in [5.41, 5.74) is 0. The van der Waals surface area contributed by atoms with Crippen molar-refractivity contribution in [3.05, 3.63) is 0 Å². The van der Waals surface area contributed by atoms with Crippen LogP contribution in [0.15, 0.2) is 0 Å². The first-order chi connectivity index (χ1) is 3.48. The van der Waals surface area contributed by atoms with E-state index in [1.54, 1.807) is 0 Å². The predicted octanol–water partition coefficient (Wildman–Crippen LogP) is 1.76. The zero-order valence-electron chi connectivity index (χ0n) is 4.33. The lowest BCUT2D eigenvalue weighted by Gasteiger charge is -2.08. The zero-order valence-corrected chi connectivity index (χ0v) is 4.33. The van der Waals surface area contributed by atoms with E-state index in [1.807, 2.05) is 0 Å². The molecule has 1 radical (unpaired) electrons. The lowest BCUT2D eigenvalue weighted by Crippen LogP contribution is -2.25. The van der Waals surface area contributed by atoms with Crippen molar-refractivity contribution in [3.63, 3.8) is 0 Å². The summed E-state index contributed by atoms with van der Waals surface area (Å²) in [6, 6.07) is 0. The molecule has 0 saturated heterocycles. The van der Waals surface area contributed by atoms with Gasteiger partial charge in [-0.3, -0.25) is 0 Å². The van der Waals surface area contributed by atoms with Crippen LogP contribution in [0.25, 0.3) is 0 Å². The van der Waals surface area contributed by atoms with Gasteiger partial charge >= 0.3 is 6.18 Å². The fourth-order valence-electron chi connectivity index (χ4n) is 0.231. The lowest BCUT2D eigenvalue weighted by atomic mass is 10.3. The fraction of sp³-hybridized carbons (Fsp3) is 1.00. The SMILES string of the molecule is CCC([O])C(F)(F)F. The molecule has 49 valence electrons. The summed E-state index contributed by atoms with van der Waals surface area (Å²) >= 11 is 0. The molecule has 1 unspecified atom stereocenters. The van der Waals surface area contributed by atoms with Gasteiger partial charge in [0.2, 0.25) is 0 Å². The zero-order chi connectivity index (χ0) is 6.78. The molecule has 0 aromatic heterocycles. The van der Waals surface area contributed by atoms with E-state index < -0.39 is 12.3 Å². The van der Waals surface area contributed by atoms with Crippen LogP contribution in [0.5, 0.6) is 0 Å². The Morgan fingerprint density at radius 3 is 1.88 bits per heavy atom. The first kappa shape index (κ1) is 7.75. The molecule has 1 atom stereocenters. The summed E-state index contributed by atoms with van der Waals surface area (Å²) in [4.78, 5) is 0. The monoisotopic (exact) mass is 127 g/mol. The molecule has 0 aliphatic rings. The van der Waals surface area contributed by atoms with Gasteiger partial charge in [-0.25, -0.2) is 5.11 Å². The first-order valence-electron chi connectivity index (χ1n) is 2.21. The summed E-state index contributed by atoms with van der Waals surface area (Å²) in [7, 11) is 0. The summed E-state index contributed by atoms with van der Waals surface area (Å²) in [5, 5.41) is 9.79. The molecule has 0 aliphatic heterocycles. The van der Waals surface area contributed by atoms with E-state index in [4.69, 9.17) is 0 Å². The largest absolute Gasteiger partial charge is 0.417 e. The standard InChI is InChI=1S/C4H6F3O/c1-2-3(8)4(5,6)7/h3H,2H2,1H3. The Labute approximate surface area is 45.1 Å². The Kier molecular flexibility index (Phi) is 2.27. The van der Waals surface area contributed by atoms with Crippen LogP contribution < -0.4 is 0 Å². The van der Waals surface area contributed by atoms with Gasteiger partial charge in [0.15, 0.2) is 6.10 Å². The van der Waals surface area contributed by atoms with Crippen molar-refractivity contribution in [2.24, 2.45) is 0 Å². The minimum atomic E-state index is -4.55. The highest BCUT2D eigenvalue weighted by Crippen LogP contribution is 2.21. The topological polar surface area (TPSA) is 19.9 Å². The molecule has 1 nitrogen and oxygen atoms in total. The van der Waals surface area contributed by atoms with Crippen LogP contribution in [0.1, 0.15) is 13.3 Å². The molecule has 0 rings (SSSR count). The van der Waals surface area contributed by atoms with Crippen molar-refractivity contribution in [3.8, 4) is 0 Å². The Bertz CT molecular complexity index is 68.2. The third-order valence-corrected chi connectivity index (χ3v) is 0.736. The minimum absolute atomic E-state index is 0.385. The minimum Gasteiger partial charge on any atom is -0.223 e. The normalized spacial score (nSPS) is 16.1. The van der Waals surface area contributed by atoms with E-state index in [0.717, 1.165) is 0 Å². The second-order valence-corrected chi connectivity index (χ2v) is 1.44. The van der Waals surface area contributed by atoms with Crippen molar-refractivity contribution >= 4 is 0 Å². The highest BCUT2D eigenvalue weighted by Gasteiger charge is 2.37. The molecule has 4 heteroatoms. The molecule has 0 heterocycles. The third-order valence-electron chi connectivity index (χ3n) is 0.736. The van der Waals surface area contributed by atoms with Crippen LogP contribution in [-0.2, 0) is 5.11 Å². The van der Waals surface area contributed by atoms with Gasteiger partial charge in [-0.1, -0.05) is 6.92 Å². The maximum atomic E-state index is 11.1. The Morgan fingerprint density at radius 2 is 1.88 bits per heavy atom. The average Bonchev–Trinajstić information content (AvgIpc) is 1.62. The van der Waals surface area contributed by atoms with Gasteiger partial charge < -0.3 is 0 Å². The Morgan fingerprint density at radius 1 is 1.50 bits per heavy atom. The maximum absolute atomic E-state index is 11.1. The maximum Gasteiger partial charge on any atom is 0.417 e. The molecule has 8 heavy (non-hydrogen) atoms. The van der Waals surface area contributed by atoms with Crippen LogP contribution in [0.3, 0.4) is 0 Å². The van der Waals surface area contributed by atoms with Crippen molar-refractivity contribution in [2.75, 3.05) is 0 Å². The second-order valence-electron chi connectivity index (χ2n) is 1.44. The van der Waals surface area contributed by atoms with Crippen molar-refractivity contribution in [1.82, 2.24) is 0 Å². The van der Waals surface area contributed by atoms with E-state index in [-0.39, 0.29) is 6.42 Å². The first-order valence-corrected chi connectivity index (χ1v) is 2.21. The summed E-state index contributed by atoms with van der Waals surface area (Å²) in [5.74, 6) is 0. The number of rotatable bonds is 1. The Hall–Kier alpha value is -0.250. The third kappa shape index (κ3) is 2.16. The highest BCUT2D eigenvalue weighted by atomic mass is 19.4. The highest BCUT2D eigenvalue weighted by molar-refractivity contribution is 4.60. The van der Waals surface area contributed by atoms with E-state index in [1.165, 1.54) is 6.92 Å². The molecule has 0 aromatic carbocycles. The van der Waals surface area contributed by atoms with Crippen molar-refractivity contribution in [1.29, 1.82) is 0 Å². The van der Waals surface area contributed by atoms with E-state index in [9.17, 15) is 18.3 Å². The smallest absolute Gasteiger partial charge is 0.223 e. The number of hydrogen-bond acceptors (Lipinski definition) is 0. The summed E-state index contributed by atoms with van der Waals surface area (Å²) < 4.78 is 33.4. The molecular weight excluding hydrogens is 121 g/mol. The van der Waals surface area contributed by atoms with Crippen LogP contribution in [0.4, 0.5) is 13.2 Å². The number of alkyl halides is 3. The van der Waals surface area contributed by atoms with E-state index in [0.29, 0.717) is 0 Å². The Balaban J connectivity index is 3.62. The van der Waals surface area contributed by atoms with Crippen molar-refractivity contribution < 1.29 is 18.3 Å². The fourth-order valence-corrected chi connectivity index (χ4v) is 0.231. The second kappa shape index (κ2) is 2.35. The molecule has 0 spiro atoms. The van der Waals surface area contributed by atoms with E-state index >= 15 is 0 Å².